The molecule has 1 N–H and O–H groups in total. The summed E-state index contributed by atoms with van der Waals surface area (Å²) in [5, 5.41) is 4.63. The number of nitrogens with zero attached hydrogens (tertiary/aromatic N) is 4. The van der Waals surface area contributed by atoms with Crippen molar-refractivity contribution >= 4 is 11.3 Å². The molecule has 2 unspecified atom stereocenters. The molecule has 2 aliphatic heterocycles. The molecule has 2 aromatic rings. The Labute approximate surface area is 140 Å². The Morgan fingerprint density at radius 2 is 2.39 bits per heavy atom. The van der Waals surface area contributed by atoms with Gasteiger partial charge in [-0.25, -0.2) is 9.97 Å². The van der Waals surface area contributed by atoms with Crippen LogP contribution in [0, 0.1) is 0 Å². The van der Waals surface area contributed by atoms with Crippen LogP contribution in [-0.4, -0.2) is 45.7 Å². The molecule has 0 saturated carbocycles. The maximum absolute atomic E-state index is 5.75. The van der Waals surface area contributed by atoms with Gasteiger partial charge in [-0.2, -0.15) is 0 Å². The third-order valence-electron chi connectivity index (χ3n) is 4.65. The molecule has 23 heavy (non-hydrogen) atoms. The molecule has 0 bridgehead atoms. The molecule has 2 aromatic heterocycles. The molecule has 0 spiro atoms. The minimum atomic E-state index is 0.224. The summed E-state index contributed by atoms with van der Waals surface area (Å²) < 4.78 is 7.87. The van der Waals surface area contributed by atoms with Crippen molar-refractivity contribution < 1.29 is 4.74 Å². The monoisotopic (exact) mass is 333 g/mol. The van der Waals surface area contributed by atoms with Gasteiger partial charge in [0.05, 0.1) is 6.04 Å². The van der Waals surface area contributed by atoms with Crippen LogP contribution in [0.15, 0.2) is 18.6 Å². The fourth-order valence-corrected chi connectivity index (χ4v) is 4.43. The van der Waals surface area contributed by atoms with E-state index in [-0.39, 0.29) is 6.10 Å². The van der Waals surface area contributed by atoms with E-state index in [9.17, 15) is 0 Å². The third kappa shape index (κ3) is 3.19. The summed E-state index contributed by atoms with van der Waals surface area (Å²) in [5.41, 5.74) is 0. The highest BCUT2D eigenvalue weighted by molar-refractivity contribution is 7.11. The van der Waals surface area contributed by atoms with Crippen LogP contribution in [-0.2, 0) is 18.3 Å². The average molecular weight is 333 g/mol. The van der Waals surface area contributed by atoms with Gasteiger partial charge >= 0.3 is 0 Å². The minimum absolute atomic E-state index is 0.224. The second-order valence-electron chi connectivity index (χ2n) is 6.25. The van der Waals surface area contributed by atoms with E-state index < -0.39 is 0 Å². The van der Waals surface area contributed by atoms with Gasteiger partial charge in [0, 0.05) is 63.3 Å². The van der Waals surface area contributed by atoms with Crippen LogP contribution in [0.1, 0.15) is 40.7 Å². The maximum Gasteiger partial charge on any atom is 0.127 e. The number of ether oxygens (including phenoxy) is 1. The minimum Gasteiger partial charge on any atom is -0.371 e. The van der Waals surface area contributed by atoms with Gasteiger partial charge in [-0.15, -0.1) is 11.3 Å². The molecule has 2 aliphatic rings. The fraction of sp³-hybridized carbons (Fsp3) is 0.625. The van der Waals surface area contributed by atoms with Gasteiger partial charge in [0.15, 0.2) is 0 Å². The lowest BCUT2D eigenvalue weighted by atomic mass is 10.1. The first-order valence-electron chi connectivity index (χ1n) is 8.29. The predicted molar refractivity (Wildman–Crippen MR) is 89.3 cm³/mol. The van der Waals surface area contributed by atoms with Crippen LogP contribution in [0.4, 0.5) is 0 Å². The molecule has 2 atom stereocenters. The Balaban J connectivity index is 1.49. The normalized spacial score (nSPS) is 26.0. The molecule has 4 heterocycles. The second-order valence-corrected chi connectivity index (χ2v) is 7.40. The zero-order valence-corrected chi connectivity index (χ0v) is 14.3. The van der Waals surface area contributed by atoms with Crippen molar-refractivity contribution in [1.29, 1.82) is 0 Å². The molecule has 6 nitrogen and oxygen atoms in total. The van der Waals surface area contributed by atoms with Crippen molar-refractivity contribution in [3.05, 3.63) is 34.3 Å². The lowest BCUT2D eigenvalue weighted by Gasteiger charge is -2.35. The van der Waals surface area contributed by atoms with E-state index in [0.717, 1.165) is 56.5 Å². The van der Waals surface area contributed by atoms with Gasteiger partial charge in [-0.05, 0) is 12.8 Å². The Bertz CT molecular complexity index is 648. The maximum atomic E-state index is 5.75. The molecule has 2 fully saturated rings. The van der Waals surface area contributed by atoms with Crippen molar-refractivity contribution in [3.63, 3.8) is 0 Å². The molecule has 4 rings (SSSR count). The lowest BCUT2D eigenvalue weighted by Crippen LogP contribution is -2.46. The van der Waals surface area contributed by atoms with E-state index in [1.807, 2.05) is 18.6 Å². The Morgan fingerprint density at radius 3 is 3.17 bits per heavy atom. The number of piperazine rings is 1. The van der Waals surface area contributed by atoms with E-state index in [2.05, 4.69) is 31.8 Å². The Hall–Kier alpha value is -1.28. The number of hydrogen-bond acceptors (Lipinski definition) is 6. The van der Waals surface area contributed by atoms with Gasteiger partial charge in [0.25, 0.3) is 0 Å². The summed E-state index contributed by atoms with van der Waals surface area (Å²) in [6.07, 6.45) is 8.41. The van der Waals surface area contributed by atoms with Crippen LogP contribution in [0.3, 0.4) is 0 Å². The summed E-state index contributed by atoms with van der Waals surface area (Å²) in [4.78, 5) is 13.0. The van der Waals surface area contributed by atoms with Crippen LogP contribution in [0.25, 0.3) is 0 Å². The van der Waals surface area contributed by atoms with Gasteiger partial charge in [-0.3, -0.25) is 4.90 Å². The standard InChI is InChI=1S/C16H23N5OS/c1-20-6-5-18-15(20)13-10-17-4-7-21(13)11-12-9-19-16(23-12)14-3-2-8-22-14/h5-6,9,13-14,17H,2-4,7-8,10-11H2,1H3. The molecule has 2 saturated heterocycles. The molecule has 0 aromatic carbocycles. The van der Waals surface area contributed by atoms with Crippen LogP contribution >= 0.6 is 11.3 Å². The summed E-state index contributed by atoms with van der Waals surface area (Å²) in [6, 6.07) is 0.317. The zero-order valence-electron chi connectivity index (χ0n) is 13.4. The summed E-state index contributed by atoms with van der Waals surface area (Å²) in [6.45, 7) is 4.81. The first-order valence-corrected chi connectivity index (χ1v) is 9.11. The molecule has 0 aliphatic carbocycles. The number of aryl methyl sites for hydroxylation is 1. The molecule has 0 amide bonds. The largest absolute Gasteiger partial charge is 0.371 e. The van der Waals surface area contributed by atoms with Crippen LogP contribution in [0.5, 0.6) is 0 Å². The van der Waals surface area contributed by atoms with E-state index in [0.29, 0.717) is 6.04 Å². The number of thiazole rings is 1. The average Bonchev–Trinajstić information content (AvgIpc) is 3.29. The molecule has 7 heteroatoms. The van der Waals surface area contributed by atoms with Crippen LogP contribution < -0.4 is 5.32 Å². The SMILES string of the molecule is Cn1ccnc1C1CNCCN1Cc1cnc(C2CCCO2)s1. The van der Waals surface area contributed by atoms with Crippen molar-refractivity contribution in [2.24, 2.45) is 7.05 Å². The van der Waals surface area contributed by atoms with E-state index in [4.69, 9.17) is 4.74 Å². The van der Waals surface area contributed by atoms with Crippen LogP contribution in [0.2, 0.25) is 0 Å². The highest BCUT2D eigenvalue weighted by Gasteiger charge is 2.28. The zero-order chi connectivity index (χ0) is 15.6. The van der Waals surface area contributed by atoms with Crippen molar-refractivity contribution in [3.8, 4) is 0 Å². The highest BCUT2D eigenvalue weighted by Crippen LogP contribution is 2.32. The fourth-order valence-electron chi connectivity index (χ4n) is 3.41. The molecule has 124 valence electrons. The van der Waals surface area contributed by atoms with Gasteiger partial charge in [0.1, 0.15) is 16.9 Å². The highest BCUT2D eigenvalue weighted by atomic mass is 32.1. The number of hydrogen-bond donors (Lipinski definition) is 1. The van der Waals surface area contributed by atoms with Crippen molar-refractivity contribution in [2.75, 3.05) is 26.2 Å². The number of imidazole rings is 1. The first kappa shape index (κ1) is 15.3. The molecule has 0 radical (unpaired) electrons. The van der Waals surface area contributed by atoms with Crippen molar-refractivity contribution in [1.82, 2.24) is 24.8 Å². The van der Waals surface area contributed by atoms with Gasteiger partial charge in [0.2, 0.25) is 0 Å². The van der Waals surface area contributed by atoms with Gasteiger partial charge in [-0.1, -0.05) is 0 Å². The van der Waals surface area contributed by atoms with E-state index in [1.54, 1.807) is 11.3 Å². The Kier molecular flexibility index (Phi) is 4.43. The lowest BCUT2D eigenvalue weighted by molar-refractivity contribution is 0.111. The predicted octanol–water partition coefficient (Wildman–Crippen LogP) is 1.87. The second kappa shape index (κ2) is 6.68. The molecular formula is C16H23N5OS. The van der Waals surface area contributed by atoms with Crippen molar-refractivity contribution in [2.45, 2.75) is 31.5 Å². The number of nitrogens with one attached hydrogen (secondary N) is 1. The third-order valence-corrected chi connectivity index (χ3v) is 5.72. The smallest absolute Gasteiger partial charge is 0.127 e. The summed E-state index contributed by atoms with van der Waals surface area (Å²) in [7, 11) is 2.07. The van der Waals surface area contributed by atoms with E-state index >= 15 is 0 Å². The summed E-state index contributed by atoms with van der Waals surface area (Å²) in [5.74, 6) is 1.13. The topological polar surface area (TPSA) is 55.2 Å². The molecular weight excluding hydrogens is 310 g/mol. The summed E-state index contributed by atoms with van der Waals surface area (Å²) >= 11 is 1.80. The number of rotatable bonds is 4. The quantitative estimate of drug-likeness (QED) is 0.926. The van der Waals surface area contributed by atoms with Gasteiger partial charge < -0.3 is 14.6 Å². The Morgan fingerprint density at radius 1 is 1.43 bits per heavy atom. The first-order chi connectivity index (χ1) is 11.3. The number of aromatic nitrogens is 3. The van der Waals surface area contributed by atoms with E-state index in [1.165, 1.54) is 4.88 Å².